The van der Waals surface area contributed by atoms with Crippen LogP contribution < -0.4 is 4.72 Å². The van der Waals surface area contributed by atoms with Crippen LogP contribution in [-0.2, 0) is 16.2 Å². The summed E-state index contributed by atoms with van der Waals surface area (Å²) >= 11 is 5.49. The first-order chi connectivity index (χ1) is 10.6. The number of nitrogens with zero attached hydrogens (tertiary/aromatic N) is 1. The summed E-state index contributed by atoms with van der Waals surface area (Å²) in [5.41, 5.74) is -0.756. The minimum Gasteiger partial charge on any atom is -0.260 e. The lowest BCUT2D eigenvalue weighted by Gasteiger charge is -2.15. The van der Waals surface area contributed by atoms with Crippen molar-refractivity contribution >= 4 is 21.6 Å². The first-order valence-electron chi connectivity index (χ1n) is 6.41. The molecule has 1 heterocycles. The van der Waals surface area contributed by atoms with Gasteiger partial charge in [0.15, 0.2) is 0 Å². The van der Waals surface area contributed by atoms with Gasteiger partial charge in [-0.2, -0.15) is 13.2 Å². The topological polar surface area (TPSA) is 59.1 Å². The number of hydrogen-bond donors (Lipinski definition) is 1. The van der Waals surface area contributed by atoms with E-state index in [-0.39, 0.29) is 0 Å². The number of benzene rings is 1. The Kier molecular flexibility index (Phi) is 4.98. The number of alkyl halides is 3. The van der Waals surface area contributed by atoms with Crippen LogP contribution in [-0.4, -0.2) is 13.4 Å². The number of hydrogen-bond acceptors (Lipinski definition) is 3. The highest BCUT2D eigenvalue weighted by Crippen LogP contribution is 2.36. The Morgan fingerprint density at radius 1 is 1.22 bits per heavy atom. The molecule has 23 heavy (non-hydrogen) atoms. The van der Waals surface area contributed by atoms with Crippen molar-refractivity contribution in [1.29, 1.82) is 0 Å². The van der Waals surface area contributed by atoms with Crippen LogP contribution in [0.2, 0.25) is 5.02 Å². The van der Waals surface area contributed by atoms with Crippen molar-refractivity contribution in [2.75, 3.05) is 0 Å². The van der Waals surface area contributed by atoms with Crippen LogP contribution in [0.5, 0.6) is 0 Å². The monoisotopic (exact) mass is 364 g/mol. The van der Waals surface area contributed by atoms with Crippen molar-refractivity contribution in [3.05, 3.63) is 58.9 Å². The molecule has 124 valence electrons. The number of nitrogens with one attached hydrogen (secondary N) is 1. The second kappa shape index (κ2) is 6.46. The molecule has 0 amide bonds. The van der Waals surface area contributed by atoms with E-state index in [4.69, 9.17) is 11.6 Å². The van der Waals surface area contributed by atoms with E-state index in [1.165, 1.54) is 6.20 Å². The summed E-state index contributed by atoms with van der Waals surface area (Å²) in [6.45, 7) is 1.54. The van der Waals surface area contributed by atoms with Gasteiger partial charge in [0.05, 0.1) is 27.2 Å². The Morgan fingerprint density at radius 3 is 2.48 bits per heavy atom. The minimum absolute atomic E-state index is 0.445. The second-order valence-corrected chi connectivity index (χ2v) is 6.86. The molecule has 0 fully saturated rings. The SMILES string of the molecule is C[C@H](NS(=O)(=O)c1ccc(Cl)c(C(F)(F)F)c1)c1ccccn1. The van der Waals surface area contributed by atoms with Crippen LogP contribution in [0.3, 0.4) is 0 Å². The summed E-state index contributed by atoms with van der Waals surface area (Å²) in [5.74, 6) is 0. The molecule has 4 nitrogen and oxygen atoms in total. The average Bonchev–Trinajstić information content (AvgIpc) is 2.46. The average molecular weight is 365 g/mol. The van der Waals surface area contributed by atoms with Gasteiger partial charge in [-0.3, -0.25) is 4.98 Å². The van der Waals surface area contributed by atoms with Crippen molar-refractivity contribution in [2.45, 2.75) is 24.0 Å². The van der Waals surface area contributed by atoms with Crippen molar-refractivity contribution in [3.8, 4) is 0 Å². The third kappa shape index (κ3) is 4.21. The summed E-state index contributed by atoms with van der Waals surface area (Å²) in [6.07, 6.45) is -3.25. The van der Waals surface area contributed by atoms with Crippen molar-refractivity contribution in [2.24, 2.45) is 0 Å². The van der Waals surface area contributed by atoms with E-state index in [9.17, 15) is 21.6 Å². The summed E-state index contributed by atoms with van der Waals surface area (Å²) in [7, 11) is -4.16. The van der Waals surface area contributed by atoms with Crippen LogP contribution in [0, 0.1) is 0 Å². The molecule has 0 saturated carbocycles. The molecule has 1 aromatic heterocycles. The molecule has 2 aromatic rings. The maximum atomic E-state index is 12.8. The first-order valence-corrected chi connectivity index (χ1v) is 8.27. The van der Waals surface area contributed by atoms with Crippen LogP contribution >= 0.6 is 11.6 Å². The van der Waals surface area contributed by atoms with Gasteiger partial charge in [0, 0.05) is 6.20 Å². The molecule has 1 N–H and O–H groups in total. The summed E-state index contributed by atoms with van der Waals surface area (Å²) in [6, 6.07) is 6.68. The molecule has 1 aromatic carbocycles. The maximum absolute atomic E-state index is 12.8. The van der Waals surface area contributed by atoms with Crippen LogP contribution in [0.25, 0.3) is 0 Å². The molecule has 1 atom stereocenters. The zero-order valence-electron chi connectivity index (χ0n) is 11.8. The minimum atomic E-state index is -4.74. The molecule has 0 bridgehead atoms. The van der Waals surface area contributed by atoms with Crippen LogP contribution in [0.15, 0.2) is 47.5 Å². The Morgan fingerprint density at radius 2 is 1.91 bits per heavy atom. The van der Waals surface area contributed by atoms with Gasteiger partial charge in [-0.05, 0) is 37.3 Å². The van der Waals surface area contributed by atoms with Gasteiger partial charge >= 0.3 is 6.18 Å². The van der Waals surface area contributed by atoms with E-state index in [2.05, 4.69) is 9.71 Å². The molecule has 0 unspecified atom stereocenters. The number of pyridine rings is 1. The van der Waals surface area contributed by atoms with Crippen LogP contribution in [0.1, 0.15) is 24.2 Å². The highest BCUT2D eigenvalue weighted by Gasteiger charge is 2.34. The number of sulfonamides is 1. The van der Waals surface area contributed by atoms with Crippen molar-refractivity contribution in [1.82, 2.24) is 9.71 Å². The lowest BCUT2D eigenvalue weighted by Crippen LogP contribution is -2.27. The normalized spacial score (nSPS) is 13.8. The van der Waals surface area contributed by atoms with Gasteiger partial charge in [0.25, 0.3) is 0 Å². The van der Waals surface area contributed by atoms with Gasteiger partial charge in [-0.25, -0.2) is 13.1 Å². The molecule has 0 saturated heterocycles. The zero-order chi connectivity index (χ0) is 17.3. The highest BCUT2D eigenvalue weighted by atomic mass is 35.5. The maximum Gasteiger partial charge on any atom is 0.417 e. The summed E-state index contributed by atoms with van der Waals surface area (Å²) in [4.78, 5) is 3.48. The third-order valence-electron chi connectivity index (χ3n) is 3.02. The molecule has 0 aliphatic rings. The lowest BCUT2D eigenvalue weighted by molar-refractivity contribution is -0.137. The molecule has 9 heteroatoms. The molecular formula is C14H12ClF3N2O2S. The predicted molar refractivity (Wildman–Crippen MR) is 79.4 cm³/mol. The first kappa shape index (κ1) is 17.7. The molecule has 0 radical (unpaired) electrons. The number of rotatable bonds is 4. The Labute approximate surface area is 136 Å². The fraction of sp³-hybridized carbons (Fsp3) is 0.214. The fourth-order valence-corrected chi connectivity index (χ4v) is 3.35. The Balaban J connectivity index is 2.34. The quantitative estimate of drug-likeness (QED) is 0.897. The Hall–Kier alpha value is -1.64. The third-order valence-corrected chi connectivity index (χ3v) is 4.88. The van der Waals surface area contributed by atoms with Crippen LogP contribution in [0.4, 0.5) is 13.2 Å². The number of halogens is 4. The molecule has 2 rings (SSSR count). The fourth-order valence-electron chi connectivity index (χ4n) is 1.88. The Bertz CT molecular complexity index is 795. The largest absolute Gasteiger partial charge is 0.417 e. The van der Waals surface area contributed by atoms with E-state index in [0.29, 0.717) is 11.8 Å². The molecule has 0 aliphatic carbocycles. The van der Waals surface area contributed by atoms with E-state index < -0.39 is 37.7 Å². The highest BCUT2D eigenvalue weighted by molar-refractivity contribution is 7.89. The van der Waals surface area contributed by atoms with Gasteiger partial charge < -0.3 is 0 Å². The summed E-state index contributed by atoms with van der Waals surface area (Å²) in [5, 5.41) is -0.561. The standard InChI is InChI=1S/C14H12ClF3N2O2S/c1-9(13-4-2-3-7-19-13)20-23(21,22)10-5-6-12(15)11(8-10)14(16,17)18/h2-9,20H,1H3/t9-/m0/s1. The number of aromatic nitrogens is 1. The predicted octanol–water partition coefficient (Wildman–Crippen LogP) is 3.79. The zero-order valence-corrected chi connectivity index (χ0v) is 13.4. The van der Waals surface area contributed by atoms with Gasteiger partial charge in [0.2, 0.25) is 10.0 Å². The van der Waals surface area contributed by atoms with Gasteiger partial charge in [-0.15, -0.1) is 0 Å². The summed E-state index contributed by atoms with van der Waals surface area (Å²) < 4.78 is 65.3. The van der Waals surface area contributed by atoms with E-state index >= 15 is 0 Å². The van der Waals surface area contributed by atoms with E-state index in [1.54, 1.807) is 25.1 Å². The second-order valence-electron chi connectivity index (χ2n) is 4.74. The smallest absolute Gasteiger partial charge is 0.260 e. The van der Waals surface area contributed by atoms with E-state index in [1.807, 2.05) is 0 Å². The van der Waals surface area contributed by atoms with Crippen molar-refractivity contribution < 1.29 is 21.6 Å². The lowest BCUT2D eigenvalue weighted by atomic mass is 10.2. The molecule has 0 aliphatic heterocycles. The molecule has 0 spiro atoms. The van der Waals surface area contributed by atoms with Gasteiger partial charge in [-0.1, -0.05) is 17.7 Å². The molecular weight excluding hydrogens is 353 g/mol. The van der Waals surface area contributed by atoms with Gasteiger partial charge in [0.1, 0.15) is 0 Å². The van der Waals surface area contributed by atoms with E-state index in [0.717, 1.165) is 12.1 Å². The van der Waals surface area contributed by atoms with Crippen molar-refractivity contribution in [3.63, 3.8) is 0 Å².